The molecule has 0 fully saturated rings. The molecule has 0 bridgehead atoms. The van der Waals surface area contributed by atoms with E-state index in [9.17, 15) is 0 Å². The summed E-state index contributed by atoms with van der Waals surface area (Å²) in [5.41, 5.74) is 1.05. The summed E-state index contributed by atoms with van der Waals surface area (Å²) < 4.78 is 7.54. The van der Waals surface area contributed by atoms with Crippen LogP contribution in [0.2, 0.25) is 0 Å². The molecule has 0 saturated heterocycles. The van der Waals surface area contributed by atoms with Crippen LogP contribution in [0.1, 0.15) is 20.3 Å². The molecular formula is C14H19N3O. The number of ether oxygens (including phenoxy) is 1. The third-order valence-corrected chi connectivity index (χ3v) is 2.58. The van der Waals surface area contributed by atoms with Crippen molar-refractivity contribution in [1.82, 2.24) is 9.55 Å². The molecule has 2 rings (SSSR count). The topological polar surface area (TPSA) is 39.1 Å². The fraction of sp³-hybridized carbons (Fsp3) is 0.357. The molecule has 0 amide bonds. The van der Waals surface area contributed by atoms with Crippen molar-refractivity contribution < 1.29 is 4.74 Å². The van der Waals surface area contributed by atoms with E-state index in [2.05, 4.69) is 17.2 Å². The standard InChI is InChI=1S/C14H19N3O/c1-3-8-15-14-16-9-10-17(14)12-6-5-7-13(11-12)18-4-2/h5-7,9-11H,3-4,8H2,1-2H3,(H,15,16). The summed E-state index contributed by atoms with van der Waals surface area (Å²) in [5, 5.41) is 3.30. The van der Waals surface area contributed by atoms with E-state index >= 15 is 0 Å². The van der Waals surface area contributed by atoms with Crippen LogP contribution >= 0.6 is 0 Å². The average Bonchev–Trinajstić information content (AvgIpc) is 2.85. The van der Waals surface area contributed by atoms with E-state index in [0.717, 1.165) is 30.4 Å². The van der Waals surface area contributed by atoms with Crippen molar-refractivity contribution >= 4 is 5.95 Å². The lowest BCUT2D eigenvalue weighted by atomic mass is 10.3. The molecule has 0 radical (unpaired) electrons. The summed E-state index contributed by atoms with van der Waals surface area (Å²) in [4.78, 5) is 4.32. The van der Waals surface area contributed by atoms with Crippen molar-refractivity contribution in [2.24, 2.45) is 0 Å². The van der Waals surface area contributed by atoms with Crippen molar-refractivity contribution in [2.45, 2.75) is 20.3 Å². The Balaban J connectivity index is 2.24. The SMILES string of the molecule is CCCNc1nccn1-c1cccc(OCC)c1. The third-order valence-electron chi connectivity index (χ3n) is 2.58. The van der Waals surface area contributed by atoms with Gasteiger partial charge in [-0.25, -0.2) is 4.98 Å². The van der Waals surface area contributed by atoms with Crippen LogP contribution in [0.15, 0.2) is 36.7 Å². The lowest BCUT2D eigenvalue weighted by molar-refractivity contribution is 0.340. The van der Waals surface area contributed by atoms with Crippen LogP contribution in [-0.2, 0) is 0 Å². The monoisotopic (exact) mass is 245 g/mol. The number of rotatable bonds is 6. The molecule has 4 nitrogen and oxygen atoms in total. The second kappa shape index (κ2) is 6.10. The Morgan fingerprint density at radius 3 is 3.00 bits per heavy atom. The van der Waals surface area contributed by atoms with Gasteiger partial charge >= 0.3 is 0 Å². The van der Waals surface area contributed by atoms with Crippen LogP contribution in [-0.4, -0.2) is 22.7 Å². The second-order valence-electron chi connectivity index (χ2n) is 3.98. The maximum absolute atomic E-state index is 5.51. The molecule has 0 aliphatic rings. The van der Waals surface area contributed by atoms with Gasteiger partial charge in [-0.2, -0.15) is 0 Å². The number of aromatic nitrogens is 2. The van der Waals surface area contributed by atoms with Gasteiger partial charge in [0.05, 0.1) is 12.3 Å². The van der Waals surface area contributed by atoms with E-state index in [1.54, 1.807) is 6.20 Å². The van der Waals surface area contributed by atoms with Crippen LogP contribution in [0.5, 0.6) is 5.75 Å². The zero-order valence-corrected chi connectivity index (χ0v) is 10.9. The number of nitrogens with zero attached hydrogens (tertiary/aromatic N) is 2. The zero-order valence-electron chi connectivity index (χ0n) is 10.9. The lowest BCUT2D eigenvalue weighted by Crippen LogP contribution is -2.06. The second-order valence-corrected chi connectivity index (χ2v) is 3.98. The number of anilines is 1. The molecule has 1 aromatic heterocycles. The van der Waals surface area contributed by atoms with Gasteiger partial charge in [-0.05, 0) is 25.5 Å². The Morgan fingerprint density at radius 1 is 1.33 bits per heavy atom. The first-order valence-corrected chi connectivity index (χ1v) is 6.35. The van der Waals surface area contributed by atoms with Crippen LogP contribution in [0.25, 0.3) is 5.69 Å². The smallest absolute Gasteiger partial charge is 0.207 e. The van der Waals surface area contributed by atoms with Crippen molar-refractivity contribution in [2.75, 3.05) is 18.5 Å². The molecule has 1 aromatic carbocycles. The molecule has 2 aromatic rings. The van der Waals surface area contributed by atoms with E-state index in [0.29, 0.717) is 6.61 Å². The highest BCUT2D eigenvalue weighted by molar-refractivity contribution is 5.45. The fourth-order valence-corrected chi connectivity index (χ4v) is 1.77. The quantitative estimate of drug-likeness (QED) is 0.850. The van der Waals surface area contributed by atoms with Gasteiger partial charge < -0.3 is 10.1 Å². The lowest BCUT2D eigenvalue weighted by Gasteiger charge is -2.10. The molecule has 0 unspecified atom stereocenters. The number of benzene rings is 1. The molecular weight excluding hydrogens is 226 g/mol. The largest absolute Gasteiger partial charge is 0.494 e. The highest BCUT2D eigenvalue weighted by Gasteiger charge is 2.04. The predicted octanol–water partition coefficient (Wildman–Crippen LogP) is 3.09. The van der Waals surface area contributed by atoms with Gasteiger partial charge in [-0.3, -0.25) is 4.57 Å². The normalized spacial score (nSPS) is 10.3. The first kappa shape index (κ1) is 12.5. The predicted molar refractivity (Wildman–Crippen MR) is 73.5 cm³/mol. The summed E-state index contributed by atoms with van der Waals surface area (Å²) in [6.45, 7) is 5.71. The summed E-state index contributed by atoms with van der Waals surface area (Å²) in [5.74, 6) is 1.75. The van der Waals surface area contributed by atoms with Crippen molar-refractivity contribution in [3.63, 3.8) is 0 Å². The van der Waals surface area contributed by atoms with Crippen molar-refractivity contribution in [1.29, 1.82) is 0 Å². The van der Waals surface area contributed by atoms with E-state index in [-0.39, 0.29) is 0 Å². The third kappa shape index (κ3) is 2.83. The molecule has 0 aliphatic carbocycles. The zero-order chi connectivity index (χ0) is 12.8. The van der Waals surface area contributed by atoms with Crippen LogP contribution in [0.4, 0.5) is 5.95 Å². The summed E-state index contributed by atoms with van der Waals surface area (Å²) >= 11 is 0. The molecule has 0 aliphatic heterocycles. The minimum Gasteiger partial charge on any atom is -0.494 e. The summed E-state index contributed by atoms with van der Waals surface area (Å²) in [6, 6.07) is 8.01. The summed E-state index contributed by atoms with van der Waals surface area (Å²) in [6.07, 6.45) is 4.82. The highest BCUT2D eigenvalue weighted by atomic mass is 16.5. The van der Waals surface area contributed by atoms with Gasteiger partial charge in [0, 0.05) is 25.0 Å². The Kier molecular flexibility index (Phi) is 4.23. The number of nitrogens with one attached hydrogen (secondary N) is 1. The molecule has 96 valence electrons. The Morgan fingerprint density at radius 2 is 2.22 bits per heavy atom. The first-order chi connectivity index (χ1) is 8.85. The van der Waals surface area contributed by atoms with Crippen LogP contribution < -0.4 is 10.1 Å². The van der Waals surface area contributed by atoms with E-state index < -0.39 is 0 Å². The number of hydrogen-bond donors (Lipinski definition) is 1. The minimum absolute atomic E-state index is 0.675. The van der Waals surface area contributed by atoms with Gasteiger partial charge in [0.15, 0.2) is 0 Å². The Bertz CT molecular complexity index is 493. The molecule has 1 heterocycles. The van der Waals surface area contributed by atoms with Gasteiger partial charge in [0.2, 0.25) is 5.95 Å². The summed E-state index contributed by atoms with van der Waals surface area (Å²) in [7, 11) is 0. The number of imidazole rings is 1. The minimum atomic E-state index is 0.675. The molecule has 18 heavy (non-hydrogen) atoms. The van der Waals surface area contributed by atoms with Crippen molar-refractivity contribution in [3.05, 3.63) is 36.7 Å². The first-order valence-electron chi connectivity index (χ1n) is 6.35. The molecule has 4 heteroatoms. The maximum Gasteiger partial charge on any atom is 0.207 e. The van der Waals surface area contributed by atoms with Gasteiger partial charge in [0.1, 0.15) is 5.75 Å². The average molecular weight is 245 g/mol. The van der Waals surface area contributed by atoms with Crippen LogP contribution in [0.3, 0.4) is 0 Å². The van der Waals surface area contributed by atoms with Gasteiger partial charge in [-0.15, -0.1) is 0 Å². The highest BCUT2D eigenvalue weighted by Crippen LogP contribution is 2.19. The van der Waals surface area contributed by atoms with E-state index in [1.807, 2.05) is 42.0 Å². The Hall–Kier alpha value is -1.97. The molecule has 0 spiro atoms. The maximum atomic E-state index is 5.51. The van der Waals surface area contributed by atoms with E-state index in [4.69, 9.17) is 4.74 Å². The molecule has 0 saturated carbocycles. The fourth-order valence-electron chi connectivity index (χ4n) is 1.77. The van der Waals surface area contributed by atoms with Crippen LogP contribution in [0, 0.1) is 0 Å². The van der Waals surface area contributed by atoms with Gasteiger partial charge in [0.25, 0.3) is 0 Å². The van der Waals surface area contributed by atoms with E-state index in [1.165, 1.54) is 0 Å². The van der Waals surface area contributed by atoms with Crippen molar-refractivity contribution in [3.8, 4) is 11.4 Å². The number of hydrogen-bond acceptors (Lipinski definition) is 3. The molecule has 0 atom stereocenters. The Labute approximate surface area is 108 Å². The van der Waals surface area contributed by atoms with Gasteiger partial charge in [-0.1, -0.05) is 13.0 Å². The molecule has 1 N–H and O–H groups in total.